The molecule has 0 bridgehead atoms. The quantitative estimate of drug-likeness (QED) is 0.496. The highest BCUT2D eigenvalue weighted by molar-refractivity contribution is 6.32. The second kappa shape index (κ2) is 10.6. The maximum Gasteiger partial charge on any atom is 0.259 e. The molecule has 1 heterocycles. The molecule has 5 rings (SSSR count). The van der Waals surface area contributed by atoms with E-state index < -0.39 is 12.3 Å². The summed E-state index contributed by atoms with van der Waals surface area (Å²) >= 11 is 6.09. The number of carbonyl (C=O) groups is 3. The molecule has 2 saturated carbocycles. The van der Waals surface area contributed by atoms with Crippen LogP contribution in [-0.2, 0) is 4.79 Å². The topological polar surface area (TPSA) is 126 Å². The summed E-state index contributed by atoms with van der Waals surface area (Å²) in [5.41, 5.74) is 2.14. The van der Waals surface area contributed by atoms with Crippen LogP contribution in [0.1, 0.15) is 65.3 Å². The van der Waals surface area contributed by atoms with Gasteiger partial charge in [-0.3, -0.25) is 19.3 Å². The average molecular weight is 536 g/mol. The van der Waals surface area contributed by atoms with Gasteiger partial charge in [0.05, 0.1) is 27.8 Å². The summed E-state index contributed by atoms with van der Waals surface area (Å²) in [4.78, 5) is 42.8. The zero-order valence-corrected chi connectivity index (χ0v) is 21.9. The smallest absolute Gasteiger partial charge is 0.259 e. The number of aliphatic hydroxyl groups is 1. The van der Waals surface area contributed by atoms with Gasteiger partial charge in [-0.1, -0.05) is 18.0 Å². The van der Waals surface area contributed by atoms with Crippen molar-refractivity contribution in [3.8, 4) is 6.07 Å². The Hall–Kier alpha value is -3.61. The number of halogens is 1. The van der Waals surface area contributed by atoms with Crippen molar-refractivity contribution < 1.29 is 19.5 Å². The first-order valence-electron chi connectivity index (χ1n) is 13.0. The van der Waals surface area contributed by atoms with Crippen molar-refractivity contribution in [2.45, 2.75) is 51.4 Å². The number of benzene rings is 2. The first-order chi connectivity index (χ1) is 18.3. The number of nitrogens with zero attached hydrogens (tertiary/aromatic N) is 3. The number of carbonyl (C=O) groups excluding carboxylic acids is 3. The van der Waals surface area contributed by atoms with Crippen LogP contribution in [0, 0.1) is 23.2 Å². The van der Waals surface area contributed by atoms with Crippen molar-refractivity contribution in [3.63, 3.8) is 0 Å². The lowest BCUT2D eigenvalue weighted by Gasteiger charge is -2.42. The third kappa shape index (κ3) is 5.06. The van der Waals surface area contributed by atoms with Gasteiger partial charge in [0.25, 0.3) is 11.8 Å². The Morgan fingerprint density at radius 1 is 1.13 bits per heavy atom. The van der Waals surface area contributed by atoms with Crippen molar-refractivity contribution in [2.75, 3.05) is 23.3 Å². The molecule has 2 aromatic rings. The number of amides is 3. The molecular formula is C28H30ClN5O4. The Labute approximate surface area is 226 Å². The molecule has 1 aliphatic heterocycles. The summed E-state index contributed by atoms with van der Waals surface area (Å²) in [6.07, 6.45) is 3.15. The van der Waals surface area contributed by atoms with Gasteiger partial charge in [-0.25, -0.2) is 0 Å². The van der Waals surface area contributed by atoms with Crippen LogP contribution < -0.4 is 15.5 Å². The monoisotopic (exact) mass is 535 g/mol. The van der Waals surface area contributed by atoms with E-state index in [4.69, 9.17) is 16.9 Å². The minimum atomic E-state index is -1.02. The van der Waals surface area contributed by atoms with E-state index in [0.29, 0.717) is 59.9 Å². The van der Waals surface area contributed by atoms with E-state index in [1.54, 1.807) is 35.2 Å². The number of hydrogen-bond acceptors (Lipinski definition) is 6. The van der Waals surface area contributed by atoms with E-state index in [9.17, 15) is 19.5 Å². The molecule has 38 heavy (non-hydrogen) atoms. The number of nitrogens with one attached hydrogen (secondary N) is 2. The molecule has 3 amide bonds. The Morgan fingerprint density at radius 2 is 1.92 bits per heavy atom. The standard InChI is InChI=1S/C28H30ClN5O4/c1-2-33-24-11-9-17(12-21(24)27(37)34(28(33)38)15-16-6-7-16)25(35)32-23-5-3-4-20(23)26(36)31-19-10-8-18(14-30)22(29)13-19/h8-13,16,20,23,28,38H,2-7,15H2,1H3,(H,31,36)(H,32,35)/t20-,23+,28?/m1/s1. The van der Waals surface area contributed by atoms with Gasteiger partial charge in [0, 0.05) is 30.4 Å². The minimum Gasteiger partial charge on any atom is -0.356 e. The SMILES string of the molecule is CCN1c2ccc(C(=O)N[C@H]3CCC[C@H]3C(=O)Nc3ccc(C#N)c(Cl)c3)cc2C(=O)N(CC2CC2)C1O. The fraction of sp³-hybridized carbons (Fsp3) is 0.429. The van der Waals surface area contributed by atoms with Crippen LogP contribution in [0.5, 0.6) is 0 Å². The molecule has 2 aromatic carbocycles. The lowest BCUT2D eigenvalue weighted by molar-refractivity contribution is -0.120. The number of rotatable bonds is 7. The molecule has 0 saturated heterocycles. The summed E-state index contributed by atoms with van der Waals surface area (Å²) in [6, 6.07) is 11.3. The molecule has 2 aliphatic carbocycles. The van der Waals surface area contributed by atoms with Crippen molar-refractivity contribution in [1.82, 2.24) is 10.2 Å². The summed E-state index contributed by atoms with van der Waals surface area (Å²) in [7, 11) is 0. The zero-order chi connectivity index (χ0) is 27.0. The zero-order valence-electron chi connectivity index (χ0n) is 21.1. The largest absolute Gasteiger partial charge is 0.356 e. The molecule has 3 atom stereocenters. The van der Waals surface area contributed by atoms with E-state index in [1.807, 2.05) is 13.0 Å². The highest BCUT2D eigenvalue weighted by Gasteiger charge is 2.39. The molecular weight excluding hydrogens is 506 g/mol. The number of hydrogen-bond donors (Lipinski definition) is 3. The number of fused-ring (bicyclic) bond motifs is 1. The van der Waals surface area contributed by atoms with Crippen LogP contribution in [-0.4, -0.2) is 53.2 Å². The predicted octanol–water partition coefficient (Wildman–Crippen LogP) is 3.72. The maximum absolute atomic E-state index is 13.3. The fourth-order valence-electron chi connectivity index (χ4n) is 5.36. The van der Waals surface area contributed by atoms with Crippen molar-refractivity contribution in [3.05, 3.63) is 58.1 Å². The first kappa shape index (κ1) is 26.0. The van der Waals surface area contributed by atoms with Crippen molar-refractivity contribution in [2.24, 2.45) is 11.8 Å². The highest BCUT2D eigenvalue weighted by atomic mass is 35.5. The van der Waals surface area contributed by atoms with Gasteiger partial charge in [0.2, 0.25) is 12.3 Å². The summed E-state index contributed by atoms with van der Waals surface area (Å²) in [5.74, 6) is -0.872. The molecule has 2 fully saturated rings. The molecule has 1 unspecified atom stereocenters. The third-order valence-electron chi connectivity index (χ3n) is 7.64. The van der Waals surface area contributed by atoms with Crippen LogP contribution in [0.2, 0.25) is 5.02 Å². The lowest BCUT2D eigenvalue weighted by Crippen LogP contribution is -2.56. The van der Waals surface area contributed by atoms with Gasteiger partial charge in [0.1, 0.15) is 6.07 Å². The summed E-state index contributed by atoms with van der Waals surface area (Å²) < 4.78 is 0. The number of aliphatic hydroxyl groups excluding tert-OH is 1. The third-order valence-corrected chi connectivity index (χ3v) is 7.95. The first-order valence-corrected chi connectivity index (χ1v) is 13.4. The van der Waals surface area contributed by atoms with Gasteiger partial charge < -0.3 is 20.6 Å². The van der Waals surface area contributed by atoms with E-state index in [1.165, 1.54) is 11.0 Å². The summed E-state index contributed by atoms with van der Waals surface area (Å²) in [5, 5.41) is 26.0. The molecule has 3 aliphatic rings. The average Bonchev–Trinajstić information content (AvgIpc) is 3.61. The molecule has 3 N–H and O–H groups in total. The van der Waals surface area contributed by atoms with Crippen LogP contribution in [0.3, 0.4) is 0 Å². The van der Waals surface area contributed by atoms with Crippen LogP contribution in [0.15, 0.2) is 36.4 Å². The van der Waals surface area contributed by atoms with E-state index >= 15 is 0 Å². The Bertz CT molecular complexity index is 1320. The van der Waals surface area contributed by atoms with Crippen molar-refractivity contribution in [1.29, 1.82) is 5.26 Å². The normalized spacial score (nSPS) is 22.6. The van der Waals surface area contributed by atoms with Gasteiger partial charge in [-0.15, -0.1) is 0 Å². The van der Waals surface area contributed by atoms with Gasteiger partial charge in [0.15, 0.2) is 0 Å². The molecule has 0 aromatic heterocycles. The Balaban J connectivity index is 1.30. The van der Waals surface area contributed by atoms with Crippen molar-refractivity contribution >= 4 is 40.7 Å². The van der Waals surface area contributed by atoms with Gasteiger partial charge in [-0.2, -0.15) is 5.26 Å². The molecule has 9 nitrogen and oxygen atoms in total. The molecule has 0 radical (unpaired) electrons. The Kier molecular flexibility index (Phi) is 7.28. The van der Waals surface area contributed by atoms with Gasteiger partial charge >= 0.3 is 0 Å². The summed E-state index contributed by atoms with van der Waals surface area (Å²) in [6.45, 7) is 2.92. The van der Waals surface area contributed by atoms with Crippen LogP contribution in [0.4, 0.5) is 11.4 Å². The predicted molar refractivity (Wildman–Crippen MR) is 143 cm³/mol. The van der Waals surface area contributed by atoms with E-state index in [2.05, 4.69) is 10.6 Å². The maximum atomic E-state index is 13.3. The number of nitriles is 1. The molecule has 0 spiro atoms. The minimum absolute atomic E-state index is 0.225. The van der Waals surface area contributed by atoms with Crippen LogP contribution in [0.25, 0.3) is 0 Å². The van der Waals surface area contributed by atoms with Crippen LogP contribution >= 0.6 is 11.6 Å². The molecule has 198 valence electrons. The highest BCUT2D eigenvalue weighted by Crippen LogP contribution is 2.36. The fourth-order valence-corrected chi connectivity index (χ4v) is 5.58. The Morgan fingerprint density at radius 3 is 2.61 bits per heavy atom. The van der Waals surface area contributed by atoms with Gasteiger partial charge in [-0.05, 0) is 74.9 Å². The molecule has 10 heteroatoms. The van der Waals surface area contributed by atoms with E-state index in [-0.39, 0.29) is 28.8 Å². The van der Waals surface area contributed by atoms with E-state index in [0.717, 1.165) is 19.3 Å². The number of anilines is 2. The second-order valence-corrected chi connectivity index (χ2v) is 10.6. The second-order valence-electron chi connectivity index (χ2n) is 10.2. The lowest BCUT2D eigenvalue weighted by atomic mass is 10.00.